The Morgan fingerprint density at radius 3 is 2.10 bits per heavy atom. The van der Waals surface area contributed by atoms with Crippen molar-refractivity contribution in [3.63, 3.8) is 0 Å². The van der Waals surface area contributed by atoms with Crippen molar-refractivity contribution >= 4 is 11.6 Å². The number of ether oxygens (including phenoxy) is 2. The van der Waals surface area contributed by atoms with Crippen molar-refractivity contribution in [2.75, 3.05) is 13.2 Å². The first-order valence-electron chi connectivity index (χ1n) is 6.83. The highest BCUT2D eigenvalue weighted by molar-refractivity contribution is 6.29. The highest BCUT2D eigenvalue weighted by atomic mass is 16.6. The van der Waals surface area contributed by atoms with E-state index in [-0.39, 0.29) is 11.6 Å². The first kappa shape index (κ1) is 12.1. The van der Waals surface area contributed by atoms with Crippen molar-refractivity contribution < 1.29 is 19.1 Å². The number of fused-ring (bicyclic) bond motifs is 2. The molecule has 2 aromatic carbocycles. The second-order valence-corrected chi connectivity index (χ2v) is 5.11. The standard InChI is InChI=1S/C17H12O4/c18-16-11-3-1-2-4-12(11)17(19)15(16)10-5-6-13-14(9-10)21-8-7-20-13/h1-6,9,15H,7-8H2. The molecule has 2 aromatic rings. The molecule has 21 heavy (non-hydrogen) atoms. The van der Waals surface area contributed by atoms with Crippen molar-refractivity contribution in [3.8, 4) is 11.5 Å². The fourth-order valence-corrected chi connectivity index (χ4v) is 2.89. The van der Waals surface area contributed by atoms with Gasteiger partial charge in [0.25, 0.3) is 0 Å². The summed E-state index contributed by atoms with van der Waals surface area (Å²) >= 11 is 0. The van der Waals surface area contributed by atoms with Gasteiger partial charge in [-0.3, -0.25) is 9.59 Å². The van der Waals surface area contributed by atoms with Gasteiger partial charge in [0.05, 0.1) is 0 Å². The van der Waals surface area contributed by atoms with E-state index in [0.717, 1.165) is 0 Å². The highest BCUT2D eigenvalue weighted by Gasteiger charge is 2.39. The van der Waals surface area contributed by atoms with Crippen LogP contribution in [0.25, 0.3) is 0 Å². The highest BCUT2D eigenvalue weighted by Crippen LogP contribution is 2.38. The van der Waals surface area contributed by atoms with Crippen LogP contribution < -0.4 is 9.47 Å². The fourth-order valence-electron chi connectivity index (χ4n) is 2.89. The number of ketones is 2. The van der Waals surface area contributed by atoms with E-state index in [0.29, 0.717) is 41.4 Å². The van der Waals surface area contributed by atoms with Crippen LogP contribution in [-0.2, 0) is 0 Å². The van der Waals surface area contributed by atoms with Crippen LogP contribution in [0.2, 0.25) is 0 Å². The van der Waals surface area contributed by atoms with E-state index in [9.17, 15) is 9.59 Å². The van der Waals surface area contributed by atoms with E-state index in [1.165, 1.54) is 0 Å². The molecule has 0 saturated carbocycles. The van der Waals surface area contributed by atoms with Gasteiger partial charge in [0, 0.05) is 11.1 Å². The van der Waals surface area contributed by atoms with Crippen molar-refractivity contribution in [3.05, 3.63) is 59.2 Å². The second-order valence-electron chi connectivity index (χ2n) is 5.11. The van der Waals surface area contributed by atoms with E-state index < -0.39 is 5.92 Å². The number of carbonyl (C=O) groups excluding carboxylic acids is 2. The largest absolute Gasteiger partial charge is 0.486 e. The maximum Gasteiger partial charge on any atom is 0.178 e. The Hall–Kier alpha value is -2.62. The Bertz CT molecular complexity index is 728. The number of rotatable bonds is 1. The second kappa shape index (κ2) is 4.45. The topological polar surface area (TPSA) is 52.6 Å². The Morgan fingerprint density at radius 1 is 0.810 bits per heavy atom. The average molecular weight is 280 g/mol. The lowest BCUT2D eigenvalue weighted by Crippen LogP contribution is -2.17. The van der Waals surface area contributed by atoms with Crippen LogP contribution in [0.1, 0.15) is 32.2 Å². The maximum absolute atomic E-state index is 12.5. The molecule has 1 aliphatic carbocycles. The minimum atomic E-state index is -0.766. The SMILES string of the molecule is O=C1c2ccccc2C(=O)C1c1ccc2c(c1)OCCO2. The summed E-state index contributed by atoms with van der Waals surface area (Å²) in [5.74, 6) is 0.188. The molecular formula is C17H12O4. The normalized spacial score (nSPS) is 17.0. The first-order chi connectivity index (χ1) is 10.3. The molecule has 0 fully saturated rings. The number of Topliss-reactive ketones (excluding diaryl/α,β-unsaturated/α-hetero) is 2. The van der Waals surface area contributed by atoms with Gasteiger partial charge in [0.2, 0.25) is 0 Å². The van der Waals surface area contributed by atoms with Crippen molar-refractivity contribution in [1.29, 1.82) is 0 Å². The summed E-state index contributed by atoms with van der Waals surface area (Å²) in [4.78, 5) is 25.0. The van der Waals surface area contributed by atoms with Crippen LogP contribution in [0.15, 0.2) is 42.5 Å². The molecule has 4 nitrogen and oxygen atoms in total. The quantitative estimate of drug-likeness (QED) is 0.753. The molecule has 0 saturated heterocycles. The van der Waals surface area contributed by atoms with Gasteiger partial charge in [-0.2, -0.15) is 0 Å². The fraction of sp³-hybridized carbons (Fsp3) is 0.176. The summed E-state index contributed by atoms with van der Waals surface area (Å²) < 4.78 is 11.0. The molecule has 0 spiro atoms. The van der Waals surface area contributed by atoms with Gasteiger partial charge in [0.15, 0.2) is 23.1 Å². The van der Waals surface area contributed by atoms with Gasteiger partial charge in [-0.25, -0.2) is 0 Å². The average Bonchev–Trinajstić information content (AvgIpc) is 2.79. The lowest BCUT2D eigenvalue weighted by Gasteiger charge is -2.19. The van der Waals surface area contributed by atoms with Crippen molar-refractivity contribution in [2.24, 2.45) is 0 Å². The summed E-state index contributed by atoms with van der Waals surface area (Å²) in [6.45, 7) is 0.988. The van der Waals surface area contributed by atoms with Gasteiger partial charge < -0.3 is 9.47 Å². The predicted octanol–water partition coefficient (Wildman–Crippen LogP) is 2.62. The summed E-state index contributed by atoms with van der Waals surface area (Å²) in [5.41, 5.74) is 1.66. The minimum absolute atomic E-state index is 0.146. The molecule has 0 atom stereocenters. The van der Waals surface area contributed by atoms with E-state index in [4.69, 9.17) is 9.47 Å². The van der Waals surface area contributed by atoms with Crippen LogP contribution in [0.3, 0.4) is 0 Å². The Balaban J connectivity index is 1.78. The zero-order valence-corrected chi connectivity index (χ0v) is 11.2. The Labute approximate surface area is 121 Å². The van der Waals surface area contributed by atoms with Crippen LogP contribution >= 0.6 is 0 Å². The maximum atomic E-state index is 12.5. The minimum Gasteiger partial charge on any atom is -0.486 e. The molecule has 4 rings (SSSR count). The van der Waals surface area contributed by atoms with E-state index in [1.54, 1.807) is 42.5 Å². The van der Waals surface area contributed by atoms with Crippen molar-refractivity contribution in [1.82, 2.24) is 0 Å². The third kappa shape index (κ3) is 1.76. The van der Waals surface area contributed by atoms with Gasteiger partial charge in [0.1, 0.15) is 19.1 Å². The van der Waals surface area contributed by atoms with Crippen molar-refractivity contribution in [2.45, 2.75) is 5.92 Å². The number of hydrogen-bond donors (Lipinski definition) is 0. The van der Waals surface area contributed by atoms with Crippen LogP contribution in [0.4, 0.5) is 0 Å². The third-order valence-electron chi connectivity index (χ3n) is 3.88. The lowest BCUT2D eigenvalue weighted by atomic mass is 9.94. The third-order valence-corrected chi connectivity index (χ3v) is 3.88. The predicted molar refractivity (Wildman–Crippen MR) is 75.3 cm³/mol. The first-order valence-corrected chi connectivity index (χ1v) is 6.83. The van der Waals surface area contributed by atoms with Gasteiger partial charge in [-0.15, -0.1) is 0 Å². The molecule has 0 aromatic heterocycles. The number of hydrogen-bond acceptors (Lipinski definition) is 4. The molecule has 0 amide bonds. The molecule has 104 valence electrons. The summed E-state index contributed by atoms with van der Waals surface area (Å²) in [5, 5.41) is 0. The monoisotopic (exact) mass is 280 g/mol. The zero-order chi connectivity index (χ0) is 14.4. The summed E-state index contributed by atoms with van der Waals surface area (Å²) in [6.07, 6.45) is 0. The lowest BCUT2D eigenvalue weighted by molar-refractivity contribution is 0.0889. The molecule has 0 radical (unpaired) electrons. The zero-order valence-electron chi connectivity index (χ0n) is 11.2. The van der Waals surface area contributed by atoms with Crippen LogP contribution in [-0.4, -0.2) is 24.8 Å². The molecular weight excluding hydrogens is 268 g/mol. The smallest absolute Gasteiger partial charge is 0.178 e. The molecule has 1 heterocycles. The molecule has 2 aliphatic rings. The van der Waals surface area contributed by atoms with Gasteiger partial charge >= 0.3 is 0 Å². The summed E-state index contributed by atoms with van der Waals surface area (Å²) in [6, 6.07) is 12.2. The van der Waals surface area contributed by atoms with E-state index in [2.05, 4.69) is 0 Å². The molecule has 0 bridgehead atoms. The van der Waals surface area contributed by atoms with E-state index >= 15 is 0 Å². The van der Waals surface area contributed by atoms with Crippen LogP contribution in [0, 0.1) is 0 Å². The molecule has 0 N–H and O–H groups in total. The summed E-state index contributed by atoms with van der Waals surface area (Å²) in [7, 11) is 0. The van der Waals surface area contributed by atoms with Gasteiger partial charge in [-0.05, 0) is 17.7 Å². The molecule has 0 unspecified atom stereocenters. The van der Waals surface area contributed by atoms with Crippen LogP contribution in [0.5, 0.6) is 11.5 Å². The number of benzene rings is 2. The Morgan fingerprint density at radius 2 is 1.43 bits per heavy atom. The number of carbonyl (C=O) groups is 2. The molecule has 1 aliphatic heterocycles. The van der Waals surface area contributed by atoms with E-state index in [1.807, 2.05) is 0 Å². The molecule has 4 heteroatoms. The Kier molecular flexibility index (Phi) is 2.57. The van der Waals surface area contributed by atoms with Gasteiger partial charge in [-0.1, -0.05) is 30.3 Å².